The van der Waals surface area contributed by atoms with Gasteiger partial charge in [-0.15, -0.1) is 0 Å². The number of methoxy groups -OCH3 is 1. The Bertz CT molecular complexity index is 1000. The maximum atomic E-state index is 9.02. The van der Waals surface area contributed by atoms with Crippen molar-refractivity contribution in [2.24, 2.45) is 0 Å². The number of allylic oxidation sites excluding steroid dienone is 1. The maximum Gasteiger partial charge on any atom is 0.138 e. The number of thioether (sulfide) groups is 1. The Morgan fingerprint density at radius 3 is 2.62 bits per heavy atom. The third-order valence-corrected chi connectivity index (χ3v) is 4.29. The lowest BCUT2D eigenvalue weighted by Gasteiger charge is -2.04. The van der Waals surface area contributed by atoms with Crippen molar-refractivity contribution in [1.29, 1.82) is 5.26 Å². The van der Waals surface area contributed by atoms with E-state index >= 15 is 0 Å². The molecule has 0 saturated carbocycles. The smallest absolute Gasteiger partial charge is 0.138 e. The third kappa shape index (κ3) is 4.69. The summed E-state index contributed by atoms with van der Waals surface area (Å²) in [4.78, 5) is 0.712. The molecule has 0 spiro atoms. The molecule has 0 unspecified atom stereocenters. The zero-order valence-electron chi connectivity index (χ0n) is 14.3. The second-order valence-corrected chi connectivity index (χ2v) is 6.31. The highest BCUT2D eigenvalue weighted by Gasteiger charge is 1.99. The molecule has 128 valence electrons. The van der Waals surface area contributed by atoms with Gasteiger partial charge in [-0.1, -0.05) is 48.5 Å². The van der Waals surface area contributed by atoms with Crippen molar-refractivity contribution in [2.45, 2.75) is 0 Å². The Hall–Kier alpha value is -3.16. The van der Waals surface area contributed by atoms with Crippen LogP contribution in [0.3, 0.4) is 0 Å². The van der Waals surface area contributed by atoms with Crippen molar-refractivity contribution in [3.63, 3.8) is 0 Å². The maximum absolute atomic E-state index is 9.02. The van der Waals surface area contributed by atoms with E-state index in [9.17, 15) is 0 Å². The van der Waals surface area contributed by atoms with Gasteiger partial charge in [0, 0.05) is 0 Å². The van der Waals surface area contributed by atoms with Gasteiger partial charge in [-0.05, 0) is 58.4 Å². The fraction of sp³-hybridized carbons (Fsp3) is 0.0455. The molecule has 0 radical (unpaired) electrons. The lowest BCUT2D eigenvalue weighted by atomic mass is 10.1. The highest BCUT2D eigenvalue weighted by Crippen LogP contribution is 2.23. The summed E-state index contributed by atoms with van der Waals surface area (Å²) >= 11 is 1.05. The molecule has 0 saturated heterocycles. The van der Waals surface area contributed by atoms with Crippen LogP contribution in [0.15, 0.2) is 84.0 Å². The summed E-state index contributed by atoms with van der Waals surface area (Å²) < 4.78 is 11.0. The highest BCUT2D eigenvalue weighted by atomic mass is 32.2. The van der Waals surface area contributed by atoms with Crippen molar-refractivity contribution in [2.75, 3.05) is 7.11 Å². The van der Waals surface area contributed by atoms with Gasteiger partial charge in [0.05, 0.1) is 12.0 Å². The summed E-state index contributed by atoms with van der Waals surface area (Å²) in [5.41, 5.74) is 0.986. The van der Waals surface area contributed by atoms with E-state index in [-0.39, 0.29) is 0 Å². The lowest BCUT2D eigenvalue weighted by molar-refractivity contribution is 0.414. The number of hydrogen-bond acceptors (Lipinski definition) is 4. The van der Waals surface area contributed by atoms with Gasteiger partial charge < -0.3 is 9.47 Å². The molecule has 0 atom stereocenters. The number of nitrogens with zero attached hydrogens (tertiary/aromatic N) is 1. The second-order valence-electron chi connectivity index (χ2n) is 5.45. The molecule has 26 heavy (non-hydrogen) atoms. The Morgan fingerprint density at radius 2 is 1.81 bits per heavy atom. The Labute approximate surface area is 157 Å². The molecule has 0 amide bonds. The average Bonchev–Trinajstić information content (AvgIpc) is 2.70. The summed E-state index contributed by atoms with van der Waals surface area (Å²) in [6.07, 6.45) is 5.36. The van der Waals surface area contributed by atoms with E-state index in [2.05, 4.69) is 11.5 Å². The number of fused-ring (bicyclic) bond motifs is 1. The van der Waals surface area contributed by atoms with Crippen molar-refractivity contribution in [3.05, 3.63) is 89.5 Å². The van der Waals surface area contributed by atoms with Gasteiger partial charge in [0.25, 0.3) is 0 Å². The van der Waals surface area contributed by atoms with Crippen LogP contribution in [0.25, 0.3) is 16.8 Å². The first-order valence-electron chi connectivity index (χ1n) is 8.02. The molecule has 0 aliphatic rings. The fourth-order valence-electron chi connectivity index (χ4n) is 2.44. The zero-order chi connectivity index (χ0) is 18.2. The zero-order valence-corrected chi connectivity index (χ0v) is 15.1. The standard InChI is InChI=1S/C22H17NO2S/c1-24-20-8-4-5-17(13-20)9-12-22(26-16-23)15-25-21-11-10-18-6-2-3-7-19(18)14-21/h2-15H,1H3. The molecule has 3 nitrogen and oxygen atoms in total. The van der Waals surface area contributed by atoms with Gasteiger partial charge in [-0.2, -0.15) is 5.26 Å². The van der Waals surface area contributed by atoms with E-state index in [1.54, 1.807) is 13.4 Å². The van der Waals surface area contributed by atoms with Crippen molar-refractivity contribution in [3.8, 4) is 16.9 Å². The van der Waals surface area contributed by atoms with Crippen LogP contribution in [0, 0.1) is 10.7 Å². The highest BCUT2D eigenvalue weighted by molar-refractivity contribution is 8.07. The number of ether oxygens (including phenoxy) is 2. The molecule has 0 aliphatic heterocycles. The molecule has 0 aliphatic carbocycles. The number of rotatable bonds is 6. The lowest BCUT2D eigenvalue weighted by Crippen LogP contribution is -1.85. The van der Waals surface area contributed by atoms with Crippen molar-refractivity contribution >= 4 is 28.6 Å². The summed E-state index contributed by atoms with van der Waals surface area (Å²) in [6, 6.07) is 21.7. The van der Waals surface area contributed by atoms with Crippen LogP contribution >= 0.6 is 11.8 Å². The van der Waals surface area contributed by atoms with Crippen molar-refractivity contribution in [1.82, 2.24) is 0 Å². The van der Waals surface area contributed by atoms with E-state index < -0.39 is 0 Å². The van der Waals surface area contributed by atoms with Gasteiger partial charge in [0.1, 0.15) is 23.2 Å². The van der Waals surface area contributed by atoms with E-state index in [1.807, 2.05) is 72.8 Å². The van der Waals surface area contributed by atoms with Gasteiger partial charge in [-0.3, -0.25) is 0 Å². The number of nitriles is 1. The summed E-state index contributed by atoms with van der Waals surface area (Å²) in [5.74, 6) is 1.52. The summed E-state index contributed by atoms with van der Waals surface area (Å²) in [7, 11) is 1.64. The van der Waals surface area contributed by atoms with Gasteiger partial charge >= 0.3 is 0 Å². The predicted octanol–water partition coefficient (Wildman–Crippen LogP) is 6.00. The van der Waals surface area contributed by atoms with Crippen LogP contribution in [0.4, 0.5) is 0 Å². The predicted molar refractivity (Wildman–Crippen MR) is 108 cm³/mol. The molecule has 0 fully saturated rings. The average molecular weight is 359 g/mol. The minimum absolute atomic E-state index is 0.712. The molecule has 0 N–H and O–H groups in total. The van der Waals surface area contributed by atoms with Crippen LogP contribution in [-0.4, -0.2) is 7.11 Å². The van der Waals surface area contributed by atoms with E-state index in [0.717, 1.165) is 39.6 Å². The molecule has 0 bridgehead atoms. The quantitative estimate of drug-likeness (QED) is 0.308. The largest absolute Gasteiger partial charge is 0.497 e. The SMILES string of the molecule is COc1cccc(C=CC(=COc2ccc3ccccc3c2)SC#N)c1. The fourth-order valence-corrected chi connectivity index (χ4v) is 2.78. The molecular formula is C22H17NO2S. The number of hydrogen-bond donors (Lipinski definition) is 0. The van der Waals surface area contributed by atoms with E-state index in [4.69, 9.17) is 14.7 Å². The van der Waals surface area contributed by atoms with Gasteiger partial charge in [0.2, 0.25) is 0 Å². The molecule has 0 heterocycles. The topological polar surface area (TPSA) is 42.2 Å². The number of thiocyanates is 1. The molecule has 4 heteroatoms. The Balaban J connectivity index is 1.77. The third-order valence-electron chi connectivity index (χ3n) is 3.73. The first kappa shape index (κ1) is 17.7. The monoisotopic (exact) mass is 359 g/mol. The molecule has 3 aromatic rings. The van der Waals surface area contributed by atoms with Gasteiger partial charge in [-0.25, -0.2) is 0 Å². The number of benzene rings is 3. The Kier molecular flexibility index (Phi) is 5.97. The first-order valence-corrected chi connectivity index (χ1v) is 8.84. The first-order chi connectivity index (χ1) is 12.8. The normalized spacial score (nSPS) is 11.5. The minimum Gasteiger partial charge on any atom is -0.497 e. The second kappa shape index (κ2) is 8.80. The minimum atomic E-state index is 0.712. The van der Waals surface area contributed by atoms with Gasteiger partial charge in [0.15, 0.2) is 0 Å². The molecule has 3 rings (SSSR count). The Morgan fingerprint density at radius 1 is 0.962 bits per heavy atom. The molecule has 0 aromatic heterocycles. The summed E-state index contributed by atoms with van der Waals surface area (Å²) in [5, 5.41) is 13.4. The molecular weight excluding hydrogens is 342 g/mol. The van der Waals surface area contributed by atoms with E-state index in [1.165, 1.54) is 0 Å². The van der Waals surface area contributed by atoms with Crippen molar-refractivity contribution < 1.29 is 9.47 Å². The molecule has 3 aromatic carbocycles. The van der Waals surface area contributed by atoms with Crippen LogP contribution in [-0.2, 0) is 0 Å². The van der Waals surface area contributed by atoms with Crippen LogP contribution in [0.1, 0.15) is 5.56 Å². The van der Waals surface area contributed by atoms with Crippen LogP contribution < -0.4 is 9.47 Å². The van der Waals surface area contributed by atoms with Crippen LogP contribution in [0.5, 0.6) is 11.5 Å². The van der Waals surface area contributed by atoms with Crippen LogP contribution in [0.2, 0.25) is 0 Å². The van der Waals surface area contributed by atoms with E-state index in [0.29, 0.717) is 4.91 Å². The summed E-state index contributed by atoms with van der Waals surface area (Å²) in [6.45, 7) is 0.